The van der Waals surface area contributed by atoms with E-state index in [-0.39, 0.29) is 11.8 Å². The number of carbonyl (C=O) groups excluding carboxylic acids is 1. The van der Waals surface area contributed by atoms with Gasteiger partial charge in [-0.3, -0.25) is 4.79 Å². The van der Waals surface area contributed by atoms with Crippen LogP contribution in [0.3, 0.4) is 0 Å². The third-order valence-corrected chi connectivity index (χ3v) is 5.76. The zero-order valence-electron chi connectivity index (χ0n) is 15.6. The van der Waals surface area contributed by atoms with E-state index in [4.69, 9.17) is 0 Å². The summed E-state index contributed by atoms with van der Waals surface area (Å²) in [6.07, 6.45) is 3.32. The van der Waals surface area contributed by atoms with Crippen molar-refractivity contribution < 1.29 is 13.2 Å². The molecular formula is C18H23N5O3S. The van der Waals surface area contributed by atoms with Crippen LogP contribution in [0.25, 0.3) is 0 Å². The first-order valence-electron chi connectivity index (χ1n) is 8.61. The number of nitrogens with one attached hydrogen (secondary N) is 1. The lowest BCUT2D eigenvalue weighted by Gasteiger charge is -2.18. The average Bonchev–Trinajstić information content (AvgIpc) is 3.12. The van der Waals surface area contributed by atoms with Crippen molar-refractivity contribution in [2.45, 2.75) is 12.3 Å². The Kier molecular flexibility index (Phi) is 5.43. The lowest BCUT2D eigenvalue weighted by molar-refractivity contribution is 0.102. The number of rotatable bonds is 5. The molecule has 3 rings (SSSR count). The summed E-state index contributed by atoms with van der Waals surface area (Å²) in [5.74, 6) is 0.0244. The van der Waals surface area contributed by atoms with Gasteiger partial charge in [-0.15, -0.1) is 0 Å². The smallest absolute Gasteiger partial charge is 0.259 e. The molecule has 0 saturated carbocycles. The Morgan fingerprint density at radius 1 is 1.26 bits per heavy atom. The molecule has 0 aliphatic carbocycles. The average molecular weight is 389 g/mol. The molecule has 1 unspecified atom stereocenters. The highest BCUT2D eigenvalue weighted by Gasteiger charge is 2.33. The first-order chi connectivity index (χ1) is 12.8. The van der Waals surface area contributed by atoms with Gasteiger partial charge in [0.2, 0.25) is 16.0 Å². The zero-order valence-corrected chi connectivity index (χ0v) is 16.4. The van der Waals surface area contributed by atoms with Crippen LogP contribution < -0.4 is 10.2 Å². The number of anilines is 2. The van der Waals surface area contributed by atoms with Crippen molar-refractivity contribution in [2.75, 3.05) is 43.7 Å². The SMILES string of the molecule is CN(C)c1ncc(C(=O)Nc2ccccc2)c(C2CCN(S(C)(=O)=O)C2)n1. The molecule has 1 aliphatic heterocycles. The number of hydrogen-bond donors (Lipinski definition) is 1. The van der Waals surface area contributed by atoms with Crippen molar-refractivity contribution in [3.63, 3.8) is 0 Å². The van der Waals surface area contributed by atoms with Crippen molar-refractivity contribution in [1.29, 1.82) is 0 Å². The maximum Gasteiger partial charge on any atom is 0.259 e. The number of amides is 1. The van der Waals surface area contributed by atoms with E-state index in [1.54, 1.807) is 17.0 Å². The highest BCUT2D eigenvalue weighted by atomic mass is 32.2. The van der Waals surface area contributed by atoms with Crippen LogP contribution in [0.4, 0.5) is 11.6 Å². The van der Waals surface area contributed by atoms with E-state index in [1.165, 1.54) is 16.8 Å². The van der Waals surface area contributed by atoms with Gasteiger partial charge in [0.05, 0.1) is 17.5 Å². The minimum Gasteiger partial charge on any atom is -0.347 e. The normalized spacial score (nSPS) is 17.7. The van der Waals surface area contributed by atoms with Crippen LogP contribution >= 0.6 is 0 Å². The Labute approximate surface area is 159 Å². The molecule has 2 aromatic rings. The highest BCUT2D eigenvalue weighted by molar-refractivity contribution is 7.88. The van der Waals surface area contributed by atoms with Crippen LogP contribution in [-0.2, 0) is 10.0 Å². The van der Waals surface area contributed by atoms with E-state index in [2.05, 4.69) is 15.3 Å². The van der Waals surface area contributed by atoms with Gasteiger partial charge in [-0.2, -0.15) is 0 Å². The van der Waals surface area contributed by atoms with Crippen LogP contribution in [0.5, 0.6) is 0 Å². The zero-order chi connectivity index (χ0) is 19.6. The fourth-order valence-electron chi connectivity index (χ4n) is 3.06. The Balaban J connectivity index is 1.93. The topological polar surface area (TPSA) is 95.5 Å². The molecule has 1 aromatic carbocycles. The summed E-state index contributed by atoms with van der Waals surface area (Å²) in [6.45, 7) is 0.735. The molecular weight excluding hydrogens is 366 g/mol. The van der Waals surface area contributed by atoms with Gasteiger partial charge in [-0.1, -0.05) is 18.2 Å². The molecule has 1 N–H and O–H groups in total. The van der Waals surface area contributed by atoms with E-state index in [0.717, 1.165) is 0 Å². The molecule has 0 spiro atoms. The van der Waals surface area contributed by atoms with Crippen molar-refractivity contribution in [3.8, 4) is 0 Å². The van der Waals surface area contributed by atoms with Gasteiger partial charge in [0.15, 0.2) is 0 Å². The second-order valence-corrected chi connectivity index (χ2v) is 8.77. The number of aromatic nitrogens is 2. The maximum absolute atomic E-state index is 12.8. The van der Waals surface area contributed by atoms with Crippen molar-refractivity contribution in [2.24, 2.45) is 0 Å². The number of benzene rings is 1. The lowest BCUT2D eigenvalue weighted by atomic mass is 10.00. The van der Waals surface area contributed by atoms with Crippen molar-refractivity contribution >= 4 is 27.6 Å². The van der Waals surface area contributed by atoms with E-state index >= 15 is 0 Å². The van der Waals surface area contributed by atoms with Gasteiger partial charge in [0, 0.05) is 45.0 Å². The minimum atomic E-state index is -3.27. The largest absolute Gasteiger partial charge is 0.347 e. The first kappa shape index (κ1) is 19.2. The number of hydrogen-bond acceptors (Lipinski definition) is 6. The molecule has 27 heavy (non-hydrogen) atoms. The summed E-state index contributed by atoms with van der Waals surface area (Å²) < 4.78 is 25.1. The Bertz CT molecular complexity index is 931. The fourth-order valence-corrected chi connectivity index (χ4v) is 3.95. The molecule has 144 valence electrons. The van der Waals surface area contributed by atoms with E-state index in [9.17, 15) is 13.2 Å². The maximum atomic E-state index is 12.8. The van der Waals surface area contributed by atoms with E-state index in [0.29, 0.717) is 42.4 Å². The van der Waals surface area contributed by atoms with Crippen LogP contribution in [0, 0.1) is 0 Å². The van der Waals surface area contributed by atoms with Crippen LogP contribution in [0.15, 0.2) is 36.5 Å². The first-order valence-corrected chi connectivity index (χ1v) is 10.5. The summed E-state index contributed by atoms with van der Waals surface area (Å²) in [6, 6.07) is 9.14. The van der Waals surface area contributed by atoms with Gasteiger partial charge in [-0.05, 0) is 18.6 Å². The van der Waals surface area contributed by atoms with Crippen molar-refractivity contribution in [3.05, 3.63) is 47.8 Å². The Hall–Kier alpha value is -2.52. The van der Waals surface area contributed by atoms with Gasteiger partial charge in [0.25, 0.3) is 5.91 Å². The summed E-state index contributed by atoms with van der Waals surface area (Å²) in [4.78, 5) is 23.4. The monoisotopic (exact) mass is 389 g/mol. The Morgan fingerprint density at radius 3 is 2.56 bits per heavy atom. The van der Waals surface area contributed by atoms with Crippen LogP contribution in [-0.4, -0.2) is 62.0 Å². The molecule has 2 heterocycles. The fraction of sp³-hybridized carbons (Fsp3) is 0.389. The van der Waals surface area contributed by atoms with Crippen LogP contribution in [0.1, 0.15) is 28.4 Å². The molecule has 1 amide bonds. The summed E-state index contributed by atoms with van der Waals surface area (Å²) in [7, 11) is 0.367. The quantitative estimate of drug-likeness (QED) is 0.833. The second-order valence-electron chi connectivity index (χ2n) is 6.79. The molecule has 1 aliphatic rings. The molecule has 8 nitrogen and oxygen atoms in total. The predicted octanol–water partition coefficient (Wildman–Crippen LogP) is 1.54. The molecule has 1 atom stereocenters. The lowest BCUT2D eigenvalue weighted by Crippen LogP contribution is -2.28. The predicted molar refractivity (Wildman–Crippen MR) is 105 cm³/mol. The number of sulfonamides is 1. The van der Waals surface area contributed by atoms with Gasteiger partial charge >= 0.3 is 0 Å². The molecule has 9 heteroatoms. The van der Waals surface area contributed by atoms with Gasteiger partial charge in [-0.25, -0.2) is 22.7 Å². The molecule has 1 saturated heterocycles. The number of para-hydroxylation sites is 1. The molecule has 1 aromatic heterocycles. The third kappa shape index (κ3) is 4.42. The summed E-state index contributed by atoms with van der Waals surface area (Å²) in [5.41, 5.74) is 1.62. The highest BCUT2D eigenvalue weighted by Crippen LogP contribution is 2.30. The van der Waals surface area contributed by atoms with Crippen LogP contribution in [0.2, 0.25) is 0 Å². The summed E-state index contributed by atoms with van der Waals surface area (Å²) in [5, 5.41) is 2.85. The standard InChI is InChI=1S/C18H23N5O3S/c1-22(2)18-19-11-15(17(24)20-14-7-5-4-6-8-14)16(21-18)13-9-10-23(12-13)27(3,25)26/h4-8,11,13H,9-10,12H2,1-3H3,(H,20,24). The number of nitrogens with zero attached hydrogens (tertiary/aromatic N) is 4. The summed E-state index contributed by atoms with van der Waals surface area (Å²) >= 11 is 0. The van der Waals surface area contributed by atoms with Gasteiger partial charge < -0.3 is 10.2 Å². The molecule has 1 fully saturated rings. The molecule has 0 bridgehead atoms. The molecule has 0 radical (unpaired) electrons. The van der Waals surface area contributed by atoms with E-state index < -0.39 is 10.0 Å². The van der Waals surface area contributed by atoms with Gasteiger partial charge in [0.1, 0.15) is 0 Å². The number of carbonyl (C=O) groups is 1. The van der Waals surface area contributed by atoms with Crippen molar-refractivity contribution in [1.82, 2.24) is 14.3 Å². The minimum absolute atomic E-state index is 0.155. The Morgan fingerprint density at radius 2 is 1.96 bits per heavy atom. The third-order valence-electron chi connectivity index (χ3n) is 4.49. The van der Waals surface area contributed by atoms with E-state index in [1.807, 2.05) is 32.3 Å². The second kappa shape index (κ2) is 7.61.